The fourth-order valence-corrected chi connectivity index (χ4v) is 4.38. The topological polar surface area (TPSA) is 64.0 Å². The van der Waals surface area contributed by atoms with Crippen molar-refractivity contribution in [2.45, 2.75) is 32.8 Å². The first-order valence-electron chi connectivity index (χ1n) is 11.9. The van der Waals surface area contributed by atoms with Crippen LogP contribution in [0.25, 0.3) is 11.1 Å². The Morgan fingerprint density at radius 3 is 2.41 bits per heavy atom. The van der Waals surface area contributed by atoms with E-state index < -0.39 is 0 Å². The molecular weight excluding hydrogens is 422 g/mol. The van der Waals surface area contributed by atoms with Crippen LogP contribution in [0.5, 0.6) is 5.75 Å². The Kier molecular flexibility index (Phi) is 6.75. The Hall–Kier alpha value is -3.80. The van der Waals surface area contributed by atoms with Crippen LogP contribution in [0.1, 0.15) is 29.9 Å². The van der Waals surface area contributed by atoms with E-state index in [0.29, 0.717) is 12.5 Å². The molecule has 1 aromatic carbocycles. The summed E-state index contributed by atoms with van der Waals surface area (Å²) in [5, 5.41) is 0. The van der Waals surface area contributed by atoms with Crippen molar-refractivity contribution < 1.29 is 4.74 Å². The molecule has 34 heavy (non-hydrogen) atoms. The Morgan fingerprint density at radius 2 is 1.71 bits per heavy atom. The van der Waals surface area contributed by atoms with Gasteiger partial charge in [-0.1, -0.05) is 36.4 Å². The summed E-state index contributed by atoms with van der Waals surface area (Å²) >= 11 is 0. The van der Waals surface area contributed by atoms with Crippen molar-refractivity contribution in [3.8, 4) is 16.9 Å². The van der Waals surface area contributed by atoms with Crippen LogP contribution in [0.2, 0.25) is 0 Å². The molecule has 0 spiro atoms. The molecule has 5 rings (SSSR count). The lowest BCUT2D eigenvalue weighted by Crippen LogP contribution is -2.35. The number of benzene rings is 1. The second-order valence-electron chi connectivity index (χ2n) is 8.79. The monoisotopic (exact) mass is 451 g/mol. The molecule has 172 valence electrons. The van der Waals surface area contributed by atoms with Gasteiger partial charge in [-0.2, -0.15) is 0 Å². The molecule has 3 aromatic heterocycles. The average molecular weight is 452 g/mol. The van der Waals surface area contributed by atoms with Crippen molar-refractivity contribution in [1.29, 1.82) is 0 Å². The van der Waals surface area contributed by atoms with Crippen molar-refractivity contribution in [2.75, 3.05) is 18.0 Å². The molecule has 4 heterocycles. The number of aryl methyl sites for hydroxylation is 1. The number of nitrogens with zero attached hydrogens (tertiary/aromatic N) is 5. The number of anilines is 1. The highest BCUT2D eigenvalue weighted by molar-refractivity contribution is 5.62. The SMILES string of the molecule is Cc1nc(CC2CCN(c3ccc(-c4cccnc4)cn3)CC2)ncc1OCc1ccccc1. The number of hydrogen-bond acceptors (Lipinski definition) is 6. The van der Waals surface area contributed by atoms with Gasteiger partial charge in [0.2, 0.25) is 0 Å². The van der Waals surface area contributed by atoms with Gasteiger partial charge in [-0.3, -0.25) is 4.98 Å². The molecule has 0 bridgehead atoms. The number of pyridine rings is 2. The molecule has 0 unspecified atom stereocenters. The molecule has 6 heteroatoms. The minimum atomic E-state index is 0.528. The molecule has 4 aromatic rings. The minimum absolute atomic E-state index is 0.528. The highest BCUT2D eigenvalue weighted by Gasteiger charge is 2.21. The molecule has 0 radical (unpaired) electrons. The van der Waals surface area contributed by atoms with Crippen LogP contribution in [0.3, 0.4) is 0 Å². The largest absolute Gasteiger partial charge is 0.485 e. The maximum absolute atomic E-state index is 5.93. The summed E-state index contributed by atoms with van der Waals surface area (Å²) in [5.41, 5.74) is 4.22. The summed E-state index contributed by atoms with van der Waals surface area (Å²) < 4.78 is 5.93. The average Bonchev–Trinajstić information content (AvgIpc) is 2.90. The van der Waals surface area contributed by atoms with Crippen LogP contribution >= 0.6 is 0 Å². The van der Waals surface area contributed by atoms with Gasteiger partial charge in [0.25, 0.3) is 0 Å². The molecule has 1 aliphatic heterocycles. The lowest BCUT2D eigenvalue weighted by atomic mass is 9.93. The highest BCUT2D eigenvalue weighted by Crippen LogP contribution is 2.26. The molecule has 0 aliphatic carbocycles. The zero-order valence-corrected chi connectivity index (χ0v) is 19.5. The molecule has 1 saturated heterocycles. The first-order valence-corrected chi connectivity index (χ1v) is 11.9. The van der Waals surface area contributed by atoms with E-state index in [-0.39, 0.29) is 0 Å². The zero-order valence-electron chi connectivity index (χ0n) is 19.5. The number of piperidine rings is 1. The van der Waals surface area contributed by atoms with Crippen LogP contribution in [0.15, 0.2) is 79.4 Å². The Morgan fingerprint density at radius 1 is 0.882 bits per heavy atom. The van der Waals surface area contributed by atoms with E-state index in [2.05, 4.69) is 45.2 Å². The predicted molar refractivity (Wildman–Crippen MR) is 134 cm³/mol. The maximum Gasteiger partial charge on any atom is 0.159 e. The summed E-state index contributed by atoms with van der Waals surface area (Å²) in [4.78, 5) is 20.6. The van der Waals surface area contributed by atoms with Gasteiger partial charge in [0.05, 0.1) is 11.9 Å². The number of aromatic nitrogens is 4. The Labute approximate surface area is 200 Å². The van der Waals surface area contributed by atoms with Crippen LogP contribution in [-0.4, -0.2) is 33.0 Å². The van der Waals surface area contributed by atoms with Gasteiger partial charge >= 0.3 is 0 Å². The number of hydrogen-bond donors (Lipinski definition) is 0. The summed E-state index contributed by atoms with van der Waals surface area (Å²) in [5.74, 6) is 3.28. The van der Waals surface area contributed by atoms with E-state index in [1.165, 1.54) is 0 Å². The van der Waals surface area contributed by atoms with Gasteiger partial charge in [-0.15, -0.1) is 0 Å². The minimum Gasteiger partial charge on any atom is -0.485 e. The van der Waals surface area contributed by atoms with E-state index in [1.807, 2.05) is 49.8 Å². The molecular formula is C28H29N5O. The standard InChI is InChI=1S/C28H29N5O/c1-21-26(34-20-23-6-3-2-4-7-23)19-30-27(32-21)16-22-11-14-33(15-12-22)28-10-9-25(18-31-28)24-8-5-13-29-17-24/h2-10,13,17-19,22H,11-12,14-16,20H2,1H3. The van der Waals surface area contributed by atoms with Gasteiger partial charge in [0.1, 0.15) is 18.2 Å². The maximum atomic E-state index is 5.93. The van der Waals surface area contributed by atoms with Crippen LogP contribution in [-0.2, 0) is 13.0 Å². The van der Waals surface area contributed by atoms with E-state index in [9.17, 15) is 0 Å². The molecule has 0 atom stereocenters. The molecule has 0 N–H and O–H groups in total. The van der Waals surface area contributed by atoms with Crippen LogP contribution < -0.4 is 9.64 Å². The third kappa shape index (κ3) is 5.39. The molecule has 0 amide bonds. The number of ether oxygens (including phenoxy) is 1. The summed E-state index contributed by atoms with van der Waals surface area (Å²) in [7, 11) is 0. The van der Waals surface area contributed by atoms with Crippen molar-refractivity contribution in [3.05, 3.63) is 96.5 Å². The smallest absolute Gasteiger partial charge is 0.159 e. The van der Waals surface area contributed by atoms with E-state index in [4.69, 9.17) is 14.7 Å². The van der Waals surface area contributed by atoms with Crippen LogP contribution in [0, 0.1) is 12.8 Å². The third-order valence-corrected chi connectivity index (χ3v) is 6.37. The molecule has 6 nitrogen and oxygen atoms in total. The zero-order chi connectivity index (χ0) is 23.2. The first kappa shape index (κ1) is 22.0. The fourth-order valence-electron chi connectivity index (χ4n) is 4.38. The van der Waals surface area contributed by atoms with Gasteiger partial charge in [-0.25, -0.2) is 15.0 Å². The highest BCUT2D eigenvalue weighted by atomic mass is 16.5. The van der Waals surface area contributed by atoms with Crippen LogP contribution in [0.4, 0.5) is 5.82 Å². The summed E-state index contributed by atoms with van der Waals surface area (Å²) in [6, 6.07) is 18.4. The lowest BCUT2D eigenvalue weighted by Gasteiger charge is -2.32. The molecule has 0 saturated carbocycles. The quantitative estimate of drug-likeness (QED) is 0.381. The van der Waals surface area contributed by atoms with Crippen molar-refractivity contribution in [2.24, 2.45) is 5.92 Å². The fraction of sp³-hybridized carbons (Fsp3) is 0.286. The van der Waals surface area contributed by atoms with E-state index in [1.54, 1.807) is 6.20 Å². The Balaban J connectivity index is 1.13. The lowest BCUT2D eigenvalue weighted by molar-refractivity contribution is 0.300. The third-order valence-electron chi connectivity index (χ3n) is 6.37. The van der Waals surface area contributed by atoms with Gasteiger partial charge in [0, 0.05) is 49.2 Å². The van der Waals surface area contributed by atoms with Crippen molar-refractivity contribution in [3.63, 3.8) is 0 Å². The second kappa shape index (κ2) is 10.4. The van der Waals surface area contributed by atoms with E-state index >= 15 is 0 Å². The van der Waals surface area contributed by atoms with Gasteiger partial charge in [-0.05, 0) is 49.4 Å². The number of rotatable bonds is 7. The molecule has 1 aliphatic rings. The van der Waals surface area contributed by atoms with Crippen molar-refractivity contribution >= 4 is 5.82 Å². The molecule has 1 fully saturated rings. The van der Waals surface area contributed by atoms with Crippen molar-refractivity contribution in [1.82, 2.24) is 19.9 Å². The second-order valence-corrected chi connectivity index (χ2v) is 8.79. The van der Waals surface area contributed by atoms with Gasteiger partial charge < -0.3 is 9.64 Å². The summed E-state index contributed by atoms with van der Waals surface area (Å²) in [6.45, 7) is 4.53. The van der Waals surface area contributed by atoms with Gasteiger partial charge in [0.15, 0.2) is 5.75 Å². The summed E-state index contributed by atoms with van der Waals surface area (Å²) in [6.07, 6.45) is 10.5. The first-order chi connectivity index (χ1) is 16.7. The van der Waals surface area contributed by atoms with E-state index in [0.717, 1.165) is 72.1 Å². The normalized spacial score (nSPS) is 14.2. The predicted octanol–water partition coefficient (Wildman–Crippen LogP) is 5.28. The Bertz CT molecular complexity index is 1190.